The molecule has 0 unspecified atom stereocenters. The van der Waals surface area contributed by atoms with Crippen molar-refractivity contribution in [2.24, 2.45) is 0 Å². The molecule has 0 fully saturated rings. The number of hydrogen-bond donors (Lipinski definition) is 0. The van der Waals surface area contributed by atoms with Gasteiger partial charge in [0.2, 0.25) is 0 Å². The van der Waals surface area contributed by atoms with E-state index >= 15 is 0 Å². The number of pyridine rings is 3. The lowest BCUT2D eigenvalue weighted by atomic mass is 9.98. The second-order valence-corrected chi connectivity index (χ2v) is 12.2. The van der Waals surface area contributed by atoms with Gasteiger partial charge in [-0.2, -0.15) is 0 Å². The quantitative estimate of drug-likeness (QED) is 0.191. The molecule has 9 aromatic rings. The minimum atomic E-state index is 0.632. The number of thiophene rings is 1. The van der Waals surface area contributed by atoms with Crippen molar-refractivity contribution in [2.75, 3.05) is 0 Å². The second kappa shape index (κ2) is 11.3. The summed E-state index contributed by atoms with van der Waals surface area (Å²) in [5.74, 6) is 1.92. The maximum absolute atomic E-state index is 5.00. The van der Waals surface area contributed by atoms with E-state index in [0.29, 0.717) is 17.5 Å². The van der Waals surface area contributed by atoms with Gasteiger partial charge in [0.15, 0.2) is 17.5 Å². The molecule has 0 saturated heterocycles. The third kappa shape index (κ3) is 4.99. The summed E-state index contributed by atoms with van der Waals surface area (Å²) in [7, 11) is 0. The van der Waals surface area contributed by atoms with Crippen molar-refractivity contribution < 1.29 is 0 Å². The van der Waals surface area contributed by atoms with Gasteiger partial charge in [0.05, 0.1) is 21.6 Å². The molecule has 0 spiro atoms. The van der Waals surface area contributed by atoms with E-state index in [1.54, 1.807) is 11.3 Å². The van der Waals surface area contributed by atoms with Crippen LogP contribution in [0.25, 0.3) is 87.9 Å². The molecule has 0 N–H and O–H groups in total. The van der Waals surface area contributed by atoms with Gasteiger partial charge in [-0.3, -0.25) is 4.98 Å². The number of aromatic nitrogens is 6. The summed E-state index contributed by atoms with van der Waals surface area (Å²) < 4.78 is 1.12. The first-order valence-corrected chi connectivity index (χ1v) is 16.1. The average molecular weight is 621 g/mol. The Balaban J connectivity index is 1.08. The Morgan fingerprint density at radius 1 is 0.447 bits per heavy atom. The summed E-state index contributed by atoms with van der Waals surface area (Å²) in [6.07, 6.45) is 3.78. The zero-order valence-corrected chi connectivity index (χ0v) is 25.8. The smallest absolute Gasteiger partial charge is 0.164 e. The molecule has 9 rings (SSSR count). The fourth-order valence-corrected chi connectivity index (χ4v) is 6.91. The number of benzene rings is 4. The van der Waals surface area contributed by atoms with Crippen LogP contribution in [-0.2, 0) is 0 Å². The molecule has 0 aliphatic carbocycles. The number of fused-ring (bicyclic) bond motifs is 4. The summed E-state index contributed by atoms with van der Waals surface area (Å²) in [5.41, 5.74) is 7.67. The Morgan fingerprint density at radius 3 is 1.81 bits per heavy atom. The van der Waals surface area contributed by atoms with E-state index in [-0.39, 0.29) is 0 Å². The van der Waals surface area contributed by atoms with Crippen LogP contribution >= 0.6 is 11.3 Å². The van der Waals surface area contributed by atoms with E-state index in [2.05, 4.69) is 65.6 Å². The van der Waals surface area contributed by atoms with Gasteiger partial charge in [0.1, 0.15) is 4.83 Å². The van der Waals surface area contributed by atoms with Crippen molar-refractivity contribution in [2.45, 2.75) is 0 Å². The van der Waals surface area contributed by atoms with E-state index < -0.39 is 0 Å². The Kier molecular flexibility index (Phi) is 6.54. The summed E-state index contributed by atoms with van der Waals surface area (Å²) >= 11 is 1.66. The largest absolute Gasteiger partial charge is 0.254 e. The van der Waals surface area contributed by atoms with Gasteiger partial charge in [-0.1, -0.05) is 103 Å². The van der Waals surface area contributed by atoms with Crippen molar-refractivity contribution in [1.82, 2.24) is 29.9 Å². The van der Waals surface area contributed by atoms with Gasteiger partial charge in [-0.05, 0) is 46.8 Å². The average Bonchev–Trinajstić information content (AvgIpc) is 3.53. The van der Waals surface area contributed by atoms with E-state index in [4.69, 9.17) is 24.9 Å². The molecule has 0 bridgehead atoms. The highest BCUT2D eigenvalue weighted by Crippen LogP contribution is 2.35. The predicted octanol–water partition coefficient (Wildman–Crippen LogP) is 9.91. The van der Waals surface area contributed by atoms with Crippen LogP contribution in [0.2, 0.25) is 0 Å². The van der Waals surface area contributed by atoms with E-state index in [9.17, 15) is 0 Å². The van der Waals surface area contributed by atoms with Gasteiger partial charge in [0, 0.05) is 39.9 Å². The second-order valence-electron chi connectivity index (χ2n) is 11.2. The van der Waals surface area contributed by atoms with Gasteiger partial charge in [-0.15, -0.1) is 11.3 Å². The summed E-state index contributed by atoms with van der Waals surface area (Å²) in [6, 6.07) is 45.1. The minimum absolute atomic E-state index is 0.632. The maximum atomic E-state index is 5.00. The van der Waals surface area contributed by atoms with E-state index in [1.165, 1.54) is 0 Å². The van der Waals surface area contributed by atoms with Crippen LogP contribution in [0, 0.1) is 0 Å². The Morgan fingerprint density at radius 2 is 1.11 bits per heavy atom. The molecule has 0 radical (unpaired) electrons. The molecule has 47 heavy (non-hydrogen) atoms. The van der Waals surface area contributed by atoms with Crippen molar-refractivity contribution in [3.63, 3.8) is 0 Å². The van der Waals surface area contributed by atoms with Crippen LogP contribution in [-0.4, -0.2) is 29.9 Å². The van der Waals surface area contributed by atoms with Crippen molar-refractivity contribution in [3.8, 4) is 56.7 Å². The van der Waals surface area contributed by atoms with E-state index in [0.717, 1.165) is 70.4 Å². The molecule has 5 aromatic heterocycles. The molecule has 7 heteroatoms. The molecule has 4 aromatic carbocycles. The summed E-state index contributed by atoms with van der Waals surface area (Å²) in [4.78, 5) is 30.0. The molecule has 0 atom stereocenters. The first-order valence-electron chi connectivity index (χ1n) is 15.3. The van der Waals surface area contributed by atoms with Crippen molar-refractivity contribution in [1.29, 1.82) is 0 Å². The highest BCUT2D eigenvalue weighted by Gasteiger charge is 2.14. The van der Waals surface area contributed by atoms with Gasteiger partial charge in [-0.25, -0.2) is 24.9 Å². The van der Waals surface area contributed by atoms with Crippen LogP contribution in [0.4, 0.5) is 0 Å². The van der Waals surface area contributed by atoms with Crippen LogP contribution in [0.1, 0.15) is 0 Å². The molecular weight excluding hydrogens is 597 g/mol. The maximum Gasteiger partial charge on any atom is 0.164 e. The Bertz CT molecular complexity index is 2510. The monoisotopic (exact) mass is 620 g/mol. The third-order valence-electron chi connectivity index (χ3n) is 8.27. The van der Waals surface area contributed by atoms with Crippen LogP contribution in [0.5, 0.6) is 0 Å². The zero-order valence-electron chi connectivity index (χ0n) is 24.9. The first kappa shape index (κ1) is 27.2. The SMILES string of the molecule is c1ccc(-c2nc(-c3ccccc3)nc(-c3ccc(-c4cccc5cc(-c6ccc7sc8ncccc8c7n6)ncc45)cc3)n2)cc1. The lowest BCUT2D eigenvalue weighted by Crippen LogP contribution is -2.00. The van der Waals surface area contributed by atoms with Gasteiger partial charge in [0.25, 0.3) is 0 Å². The van der Waals surface area contributed by atoms with Crippen molar-refractivity contribution >= 4 is 42.5 Å². The number of rotatable bonds is 5. The fraction of sp³-hybridized carbons (Fsp3) is 0. The van der Waals surface area contributed by atoms with Crippen LogP contribution in [0.3, 0.4) is 0 Å². The molecule has 6 nitrogen and oxygen atoms in total. The van der Waals surface area contributed by atoms with Crippen LogP contribution < -0.4 is 0 Å². The standard InChI is InChI=1S/C40H24N6S/c1-3-9-26(10-4-1)37-44-38(27-11-5-2-6-12-27)46-39(45-37)28-18-16-25(17-19-28)30-14-7-13-29-23-34(42-24-32(29)30)33-20-21-35-36(43-33)31-15-8-22-41-40(31)47-35/h1-24H. The minimum Gasteiger partial charge on any atom is -0.254 e. The Labute approximate surface area is 274 Å². The molecule has 0 aliphatic heterocycles. The molecule has 0 aliphatic rings. The first-order chi connectivity index (χ1) is 23.3. The molecule has 220 valence electrons. The molecular formula is C40H24N6S. The van der Waals surface area contributed by atoms with Gasteiger partial charge >= 0.3 is 0 Å². The predicted molar refractivity (Wildman–Crippen MR) is 191 cm³/mol. The third-order valence-corrected chi connectivity index (χ3v) is 9.34. The molecule has 0 amide bonds. The highest BCUT2D eigenvalue weighted by molar-refractivity contribution is 7.25. The van der Waals surface area contributed by atoms with Gasteiger partial charge < -0.3 is 0 Å². The summed E-state index contributed by atoms with van der Waals surface area (Å²) in [6.45, 7) is 0. The van der Waals surface area contributed by atoms with E-state index in [1.807, 2.05) is 85.2 Å². The topological polar surface area (TPSA) is 77.3 Å². The highest BCUT2D eigenvalue weighted by atomic mass is 32.1. The zero-order chi connectivity index (χ0) is 31.2. The summed E-state index contributed by atoms with van der Waals surface area (Å²) in [5, 5.41) is 3.26. The van der Waals surface area contributed by atoms with Crippen LogP contribution in [0.15, 0.2) is 146 Å². The fourth-order valence-electron chi connectivity index (χ4n) is 5.92. The lowest BCUT2D eigenvalue weighted by Gasteiger charge is -2.10. The number of hydrogen-bond acceptors (Lipinski definition) is 7. The Hall–Kier alpha value is -6.18. The molecule has 5 heterocycles. The lowest BCUT2D eigenvalue weighted by molar-refractivity contribution is 1.07. The normalized spacial score (nSPS) is 11.4. The number of nitrogens with zero attached hydrogens (tertiary/aromatic N) is 6. The molecule has 0 saturated carbocycles. The van der Waals surface area contributed by atoms with Crippen molar-refractivity contribution in [3.05, 3.63) is 146 Å².